The Morgan fingerprint density at radius 2 is 1.76 bits per heavy atom. The normalized spacial score (nSPS) is 21.6. The van der Waals surface area contributed by atoms with E-state index in [1.165, 1.54) is 12.1 Å². The third kappa shape index (κ3) is 5.14. The maximum absolute atomic E-state index is 13.7. The van der Waals surface area contributed by atoms with Crippen LogP contribution < -0.4 is 5.32 Å². The summed E-state index contributed by atoms with van der Waals surface area (Å²) in [6, 6.07) is 5.75. The molecule has 1 N–H and O–H groups in total. The van der Waals surface area contributed by atoms with Gasteiger partial charge in [0.15, 0.2) is 0 Å². The second kappa shape index (κ2) is 10.3. The first-order chi connectivity index (χ1) is 18.1. The molecule has 38 heavy (non-hydrogen) atoms. The van der Waals surface area contributed by atoms with Gasteiger partial charge in [0.1, 0.15) is 0 Å². The summed E-state index contributed by atoms with van der Waals surface area (Å²) in [4.78, 5) is 29.6. The number of hydrogen-bond donors (Lipinski definition) is 1. The van der Waals surface area contributed by atoms with Gasteiger partial charge >= 0.3 is 12.2 Å². The van der Waals surface area contributed by atoms with Gasteiger partial charge in [-0.05, 0) is 50.2 Å². The minimum atomic E-state index is -4.42. The van der Waals surface area contributed by atoms with E-state index >= 15 is 0 Å². The lowest BCUT2D eigenvalue weighted by molar-refractivity contribution is -0.138. The number of amides is 3. The first-order valence-electron chi connectivity index (χ1n) is 13.7. The van der Waals surface area contributed by atoms with E-state index in [9.17, 15) is 22.8 Å². The molecule has 0 spiro atoms. The lowest BCUT2D eigenvalue weighted by Crippen LogP contribution is -2.45. The number of likely N-dealkylation sites (tertiary alicyclic amines) is 2. The largest absolute Gasteiger partial charge is 0.416 e. The zero-order valence-corrected chi connectivity index (χ0v) is 22.1. The molecule has 2 saturated heterocycles. The van der Waals surface area contributed by atoms with E-state index in [1.54, 1.807) is 17.2 Å². The summed E-state index contributed by atoms with van der Waals surface area (Å²) in [6.45, 7) is 6.77. The highest BCUT2D eigenvalue weighted by Crippen LogP contribution is 2.50. The third-order valence-electron chi connectivity index (χ3n) is 8.40. The predicted molar refractivity (Wildman–Crippen MR) is 137 cm³/mol. The van der Waals surface area contributed by atoms with Gasteiger partial charge in [0.25, 0.3) is 5.91 Å². The summed E-state index contributed by atoms with van der Waals surface area (Å²) >= 11 is 0. The van der Waals surface area contributed by atoms with Crippen molar-refractivity contribution in [1.29, 1.82) is 0 Å². The van der Waals surface area contributed by atoms with Crippen molar-refractivity contribution in [3.63, 3.8) is 0 Å². The quantitative estimate of drug-likeness (QED) is 0.547. The fourth-order valence-corrected chi connectivity index (χ4v) is 5.96. The Labute approximate surface area is 221 Å². The number of rotatable bonds is 6. The van der Waals surface area contributed by atoms with Crippen LogP contribution in [0, 0.1) is 0 Å². The Kier molecular flexibility index (Phi) is 7.17. The highest BCUT2D eigenvalue weighted by atomic mass is 19.4. The molecule has 3 heterocycles. The van der Waals surface area contributed by atoms with Crippen LogP contribution >= 0.6 is 0 Å². The summed E-state index contributed by atoms with van der Waals surface area (Å²) in [5.41, 5.74) is 1.02. The molecule has 2 aromatic rings. The Morgan fingerprint density at radius 3 is 2.42 bits per heavy atom. The number of nitrogens with zero attached hydrogens (tertiary/aromatic N) is 4. The summed E-state index contributed by atoms with van der Waals surface area (Å²) in [7, 11) is 0. The summed E-state index contributed by atoms with van der Waals surface area (Å²) < 4.78 is 42.8. The van der Waals surface area contributed by atoms with Crippen LogP contribution in [0.1, 0.15) is 91.5 Å². The van der Waals surface area contributed by atoms with Gasteiger partial charge < -0.3 is 15.1 Å². The predicted octanol–water partition coefficient (Wildman–Crippen LogP) is 5.34. The first kappa shape index (κ1) is 26.6. The van der Waals surface area contributed by atoms with E-state index in [4.69, 9.17) is 0 Å². The van der Waals surface area contributed by atoms with E-state index in [2.05, 4.69) is 17.3 Å². The molecule has 1 atom stereocenters. The number of halogens is 3. The maximum Gasteiger partial charge on any atom is 0.416 e. The molecule has 3 aliphatic rings. The molecule has 7 nitrogen and oxygen atoms in total. The monoisotopic (exact) mass is 531 g/mol. The average molecular weight is 532 g/mol. The molecule has 206 valence electrons. The van der Waals surface area contributed by atoms with Gasteiger partial charge in [-0.2, -0.15) is 18.3 Å². The topological polar surface area (TPSA) is 70.5 Å². The highest BCUT2D eigenvalue weighted by Gasteiger charge is 2.47. The Bertz CT molecular complexity index is 1180. The number of carbonyl (C=O) groups is 2. The van der Waals surface area contributed by atoms with Gasteiger partial charge in [0.2, 0.25) is 0 Å². The number of alkyl halides is 3. The van der Waals surface area contributed by atoms with Crippen molar-refractivity contribution in [2.45, 2.75) is 75.9 Å². The van der Waals surface area contributed by atoms with E-state index in [0.29, 0.717) is 38.2 Å². The number of nitrogens with one attached hydrogen (secondary N) is 1. The molecule has 0 radical (unpaired) electrons. The lowest BCUT2D eigenvalue weighted by atomic mass is 9.93. The summed E-state index contributed by atoms with van der Waals surface area (Å²) in [5, 5.41) is 7.61. The molecule has 1 aromatic heterocycles. The van der Waals surface area contributed by atoms with Crippen LogP contribution in [0.5, 0.6) is 0 Å². The molecule has 10 heteroatoms. The van der Waals surface area contributed by atoms with E-state index in [1.807, 2.05) is 16.5 Å². The molecule has 2 aliphatic heterocycles. The minimum Gasteiger partial charge on any atom is -0.338 e. The number of hydrogen-bond acceptors (Lipinski definition) is 3. The fourth-order valence-electron chi connectivity index (χ4n) is 5.96. The number of aromatic nitrogens is 2. The number of benzene rings is 1. The van der Waals surface area contributed by atoms with Crippen LogP contribution in [0.2, 0.25) is 0 Å². The molecular weight excluding hydrogens is 495 g/mol. The fraction of sp³-hybridized carbons (Fsp3) is 0.607. The summed E-state index contributed by atoms with van der Waals surface area (Å²) in [5.74, 6) is -0.502. The Balaban J connectivity index is 1.32. The molecule has 1 aliphatic carbocycles. The van der Waals surface area contributed by atoms with Gasteiger partial charge in [-0.1, -0.05) is 32.0 Å². The minimum absolute atomic E-state index is 0.0355. The van der Waals surface area contributed by atoms with Crippen LogP contribution in [-0.2, 0) is 11.6 Å². The van der Waals surface area contributed by atoms with Crippen LogP contribution in [0.3, 0.4) is 0 Å². The number of carbonyl (C=O) groups excluding carboxylic acids is 2. The molecule has 3 amide bonds. The van der Waals surface area contributed by atoms with Gasteiger partial charge in [0.05, 0.1) is 29.1 Å². The van der Waals surface area contributed by atoms with Gasteiger partial charge in [-0.25, -0.2) is 4.79 Å². The van der Waals surface area contributed by atoms with Crippen molar-refractivity contribution in [1.82, 2.24) is 24.9 Å². The SMILES string of the molecule is CCCNC(=O)N1CCC(n2ncc(C(=O)N3CCC(c4ccccc4C(F)(F)F)C3)c2C2(C)CC2)CC1. The zero-order chi connectivity index (χ0) is 27.1. The maximum atomic E-state index is 13.7. The molecule has 3 fully saturated rings. The zero-order valence-electron chi connectivity index (χ0n) is 22.1. The van der Waals surface area contributed by atoms with Crippen molar-refractivity contribution in [3.8, 4) is 0 Å². The van der Waals surface area contributed by atoms with Crippen molar-refractivity contribution >= 4 is 11.9 Å². The molecule has 1 saturated carbocycles. The molecule has 0 bridgehead atoms. The molecular formula is C28H36F3N5O2. The standard InChI is InChI=1S/C28H36F3N5O2/c1-3-13-32-26(38)34-15-9-20(10-16-34)36-24(27(2)11-12-27)22(17-33-36)25(37)35-14-8-19(18-35)21-6-4-5-7-23(21)28(29,30)31/h4-7,17,19-20H,3,8-16,18H2,1-2H3,(H,32,38). The first-order valence-corrected chi connectivity index (χ1v) is 13.7. The molecule has 1 aromatic carbocycles. The van der Waals surface area contributed by atoms with Crippen LogP contribution in [0.15, 0.2) is 30.5 Å². The second-order valence-electron chi connectivity index (χ2n) is 11.2. The second-order valence-corrected chi connectivity index (χ2v) is 11.2. The smallest absolute Gasteiger partial charge is 0.338 e. The number of piperidine rings is 1. The average Bonchev–Trinajstić information content (AvgIpc) is 3.30. The van der Waals surface area contributed by atoms with Gasteiger partial charge in [-0.15, -0.1) is 0 Å². The summed E-state index contributed by atoms with van der Waals surface area (Å²) in [6.07, 6.45) is 2.08. The van der Waals surface area contributed by atoms with Crippen LogP contribution in [-0.4, -0.2) is 64.2 Å². The third-order valence-corrected chi connectivity index (χ3v) is 8.40. The van der Waals surface area contributed by atoms with Crippen molar-refractivity contribution in [2.24, 2.45) is 0 Å². The van der Waals surface area contributed by atoms with Crippen molar-refractivity contribution in [2.75, 3.05) is 32.7 Å². The van der Waals surface area contributed by atoms with E-state index < -0.39 is 11.7 Å². The van der Waals surface area contributed by atoms with E-state index in [-0.39, 0.29) is 41.4 Å². The molecule has 5 rings (SSSR count). The van der Waals surface area contributed by atoms with Gasteiger partial charge in [-0.3, -0.25) is 9.48 Å². The Hall–Kier alpha value is -3.04. The Morgan fingerprint density at radius 1 is 1.08 bits per heavy atom. The van der Waals surface area contributed by atoms with Crippen LogP contribution in [0.25, 0.3) is 0 Å². The van der Waals surface area contributed by atoms with E-state index in [0.717, 1.165) is 43.9 Å². The van der Waals surface area contributed by atoms with Crippen molar-refractivity contribution < 1.29 is 22.8 Å². The number of urea groups is 1. The van der Waals surface area contributed by atoms with Gasteiger partial charge in [0, 0.05) is 44.1 Å². The lowest BCUT2D eigenvalue weighted by Gasteiger charge is -2.33. The van der Waals surface area contributed by atoms with Crippen LogP contribution in [0.4, 0.5) is 18.0 Å². The van der Waals surface area contributed by atoms with Crippen molar-refractivity contribution in [3.05, 3.63) is 52.8 Å². The highest BCUT2D eigenvalue weighted by molar-refractivity contribution is 5.96. The molecule has 1 unspecified atom stereocenters.